The predicted molar refractivity (Wildman–Crippen MR) is 74.2 cm³/mol. The van der Waals surface area contributed by atoms with Crippen LogP contribution >= 0.6 is 0 Å². The van der Waals surface area contributed by atoms with Crippen LogP contribution in [0.3, 0.4) is 0 Å². The number of morpholine rings is 1. The first-order valence-corrected chi connectivity index (χ1v) is 6.94. The van der Waals surface area contributed by atoms with E-state index in [1.54, 1.807) is 0 Å². The van der Waals surface area contributed by atoms with Gasteiger partial charge in [-0.3, -0.25) is 15.0 Å². The number of H-pyrrole nitrogens is 1. The predicted octanol–water partition coefficient (Wildman–Crippen LogP) is 1.12. The van der Waals surface area contributed by atoms with Crippen LogP contribution in [0, 0.1) is 6.92 Å². The molecule has 1 aliphatic heterocycles. The number of hydrogen-bond acceptors (Lipinski definition) is 5. The second-order valence-electron chi connectivity index (χ2n) is 5.01. The second kappa shape index (κ2) is 6.11. The molecule has 1 fully saturated rings. The van der Waals surface area contributed by atoms with Crippen LogP contribution in [-0.4, -0.2) is 51.3 Å². The van der Waals surface area contributed by atoms with E-state index in [1.165, 1.54) is 0 Å². The average Bonchev–Trinajstić information content (AvgIpc) is 2.93. The minimum Gasteiger partial charge on any atom is -0.367 e. The van der Waals surface area contributed by atoms with Crippen LogP contribution in [-0.2, 0) is 11.2 Å². The van der Waals surface area contributed by atoms with Crippen LogP contribution in [0.5, 0.6) is 0 Å². The maximum atomic E-state index is 5.76. The van der Waals surface area contributed by atoms with Gasteiger partial charge < -0.3 is 4.74 Å². The van der Waals surface area contributed by atoms with Crippen LogP contribution in [0.4, 0.5) is 0 Å². The highest BCUT2D eigenvalue weighted by Gasteiger charge is 2.24. The van der Waals surface area contributed by atoms with Crippen molar-refractivity contribution < 1.29 is 4.74 Å². The van der Waals surface area contributed by atoms with Gasteiger partial charge >= 0.3 is 0 Å². The van der Waals surface area contributed by atoms with Crippen molar-refractivity contribution in [3.8, 4) is 0 Å². The zero-order valence-electron chi connectivity index (χ0n) is 11.6. The summed E-state index contributed by atoms with van der Waals surface area (Å²) < 4.78 is 5.76. The molecule has 6 heteroatoms. The molecule has 1 aliphatic rings. The largest absolute Gasteiger partial charge is 0.367 e. The molecule has 2 aromatic rings. The molecule has 1 unspecified atom stereocenters. The number of ether oxygens (including phenoxy) is 1. The van der Waals surface area contributed by atoms with E-state index >= 15 is 0 Å². The van der Waals surface area contributed by atoms with Gasteiger partial charge in [-0.2, -0.15) is 5.10 Å². The van der Waals surface area contributed by atoms with E-state index in [9.17, 15) is 0 Å². The minimum atomic E-state index is -0.0302. The van der Waals surface area contributed by atoms with Gasteiger partial charge in [0.05, 0.1) is 6.61 Å². The molecule has 1 N–H and O–H groups in total. The number of hydrogen-bond donors (Lipinski definition) is 1. The van der Waals surface area contributed by atoms with Crippen molar-refractivity contribution in [1.29, 1.82) is 0 Å². The summed E-state index contributed by atoms with van der Waals surface area (Å²) in [4.78, 5) is 11.1. The third-order valence-corrected chi connectivity index (χ3v) is 3.46. The second-order valence-corrected chi connectivity index (χ2v) is 5.01. The van der Waals surface area contributed by atoms with Crippen molar-refractivity contribution in [2.75, 3.05) is 26.2 Å². The fourth-order valence-corrected chi connectivity index (χ4v) is 2.38. The minimum absolute atomic E-state index is 0.0302. The molecule has 0 amide bonds. The summed E-state index contributed by atoms with van der Waals surface area (Å²) in [6.45, 7) is 5.40. The van der Waals surface area contributed by atoms with E-state index in [0.29, 0.717) is 0 Å². The summed E-state index contributed by atoms with van der Waals surface area (Å²) in [5.74, 6) is 1.58. The van der Waals surface area contributed by atoms with Crippen molar-refractivity contribution in [2.45, 2.75) is 19.4 Å². The molecule has 0 radical (unpaired) electrons. The molecule has 6 nitrogen and oxygen atoms in total. The van der Waals surface area contributed by atoms with Gasteiger partial charge in [0.2, 0.25) is 0 Å². The highest BCUT2D eigenvalue weighted by Crippen LogP contribution is 2.19. The van der Waals surface area contributed by atoms with Crippen molar-refractivity contribution >= 4 is 0 Å². The SMILES string of the molecule is Cc1nc(C2CN(CCc3ccccn3)CCO2)n[nH]1. The number of rotatable bonds is 4. The maximum absolute atomic E-state index is 5.76. The summed E-state index contributed by atoms with van der Waals surface area (Å²) in [6.07, 6.45) is 2.77. The van der Waals surface area contributed by atoms with Crippen LogP contribution in [0.1, 0.15) is 23.4 Å². The molecule has 0 spiro atoms. The lowest BCUT2D eigenvalue weighted by Crippen LogP contribution is -2.39. The molecule has 3 heterocycles. The third-order valence-electron chi connectivity index (χ3n) is 3.46. The zero-order chi connectivity index (χ0) is 13.8. The summed E-state index contributed by atoms with van der Waals surface area (Å²) in [5.41, 5.74) is 1.13. The molecule has 1 atom stereocenters. The molecule has 3 rings (SSSR count). The van der Waals surface area contributed by atoms with E-state index in [0.717, 1.165) is 50.0 Å². The highest BCUT2D eigenvalue weighted by molar-refractivity contribution is 5.04. The zero-order valence-corrected chi connectivity index (χ0v) is 11.6. The molecule has 0 bridgehead atoms. The first-order valence-electron chi connectivity index (χ1n) is 6.94. The fraction of sp³-hybridized carbons (Fsp3) is 0.500. The van der Waals surface area contributed by atoms with Crippen molar-refractivity contribution in [3.63, 3.8) is 0 Å². The van der Waals surface area contributed by atoms with Crippen LogP contribution in [0.15, 0.2) is 24.4 Å². The summed E-state index contributed by atoms with van der Waals surface area (Å²) in [5, 5.41) is 7.06. The lowest BCUT2D eigenvalue weighted by molar-refractivity contribution is -0.0338. The molecular formula is C14H19N5O. The fourth-order valence-electron chi connectivity index (χ4n) is 2.38. The number of nitrogens with zero attached hydrogens (tertiary/aromatic N) is 4. The number of aromatic amines is 1. The summed E-state index contributed by atoms with van der Waals surface area (Å²) in [6, 6.07) is 6.04. The first-order chi connectivity index (χ1) is 9.81. The Balaban J connectivity index is 1.55. The Morgan fingerprint density at radius 3 is 3.15 bits per heavy atom. The smallest absolute Gasteiger partial charge is 0.180 e. The van der Waals surface area contributed by atoms with Gasteiger partial charge in [0, 0.05) is 37.9 Å². The summed E-state index contributed by atoms with van der Waals surface area (Å²) >= 11 is 0. The molecule has 20 heavy (non-hydrogen) atoms. The molecule has 1 saturated heterocycles. The third kappa shape index (κ3) is 3.20. The molecule has 0 saturated carbocycles. The van der Waals surface area contributed by atoms with Gasteiger partial charge in [0.25, 0.3) is 0 Å². The topological polar surface area (TPSA) is 66.9 Å². The van der Waals surface area contributed by atoms with Gasteiger partial charge in [-0.1, -0.05) is 6.07 Å². The Morgan fingerprint density at radius 2 is 2.40 bits per heavy atom. The Kier molecular flexibility index (Phi) is 4.03. The van der Waals surface area contributed by atoms with Crippen molar-refractivity contribution in [3.05, 3.63) is 41.7 Å². The number of aromatic nitrogens is 4. The Hall–Kier alpha value is -1.79. The normalized spacial score (nSPS) is 20.1. The standard InChI is InChI=1S/C14H19N5O/c1-11-16-14(18-17-11)13-10-19(8-9-20-13)7-5-12-4-2-3-6-15-12/h2-4,6,13H,5,7-10H2,1H3,(H,16,17,18). The number of aryl methyl sites for hydroxylation is 1. The number of pyridine rings is 1. The monoisotopic (exact) mass is 273 g/mol. The van der Waals surface area contributed by atoms with Gasteiger partial charge in [-0.05, 0) is 19.1 Å². The van der Waals surface area contributed by atoms with Crippen LogP contribution in [0.2, 0.25) is 0 Å². The van der Waals surface area contributed by atoms with Crippen molar-refractivity contribution in [1.82, 2.24) is 25.1 Å². The lowest BCUT2D eigenvalue weighted by atomic mass is 10.2. The maximum Gasteiger partial charge on any atom is 0.180 e. The van der Waals surface area contributed by atoms with Crippen molar-refractivity contribution in [2.24, 2.45) is 0 Å². The first kappa shape index (κ1) is 13.2. The lowest BCUT2D eigenvalue weighted by Gasteiger charge is -2.31. The van der Waals surface area contributed by atoms with E-state index < -0.39 is 0 Å². The highest BCUT2D eigenvalue weighted by atomic mass is 16.5. The molecular weight excluding hydrogens is 254 g/mol. The van der Waals surface area contributed by atoms with E-state index in [2.05, 4.69) is 31.1 Å². The van der Waals surface area contributed by atoms with Gasteiger partial charge in [0.15, 0.2) is 5.82 Å². The average molecular weight is 273 g/mol. The van der Waals surface area contributed by atoms with Crippen LogP contribution in [0.25, 0.3) is 0 Å². The van der Waals surface area contributed by atoms with E-state index in [-0.39, 0.29) is 6.10 Å². The Morgan fingerprint density at radius 1 is 1.45 bits per heavy atom. The Bertz CT molecular complexity index is 542. The number of nitrogens with one attached hydrogen (secondary N) is 1. The summed E-state index contributed by atoms with van der Waals surface area (Å²) in [7, 11) is 0. The molecule has 2 aromatic heterocycles. The van der Waals surface area contributed by atoms with Gasteiger partial charge in [-0.15, -0.1) is 0 Å². The molecule has 106 valence electrons. The molecule has 0 aliphatic carbocycles. The Labute approximate surface area is 118 Å². The quantitative estimate of drug-likeness (QED) is 0.904. The van der Waals surface area contributed by atoms with Gasteiger partial charge in [-0.25, -0.2) is 4.98 Å². The van der Waals surface area contributed by atoms with Crippen LogP contribution < -0.4 is 0 Å². The van der Waals surface area contributed by atoms with E-state index in [4.69, 9.17) is 4.74 Å². The van der Waals surface area contributed by atoms with Gasteiger partial charge in [0.1, 0.15) is 11.9 Å². The van der Waals surface area contributed by atoms with E-state index in [1.807, 2.05) is 25.3 Å². The molecule has 0 aromatic carbocycles.